The van der Waals surface area contributed by atoms with Crippen LogP contribution in [0.15, 0.2) is 24.7 Å². The molecule has 2 heterocycles. The number of rotatable bonds is 2. The first kappa shape index (κ1) is 15.5. The molecule has 7 heteroatoms. The summed E-state index contributed by atoms with van der Waals surface area (Å²) in [7, 11) is 0. The molecule has 0 saturated heterocycles. The van der Waals surface area contributed by atoms with E-state index in [0.29, 0.717) is 28.3 Å². The van der Waals surface area contributed by atoms with Gasteiger partial charge in [0.2, 0.25) is 0 Å². The van der Waals surface area contributed by atoms with Gasteiger partial charge in [-0.3, -0.25) is 4.79 Å². The fourth-order valence-corrected chi connectivity index (χ4v) is 4.34. The third kappa shape index (κ3) is 2.19. The molecule has 2 aliphatic carbocycles. The van der Waals surface area contributed by atoms with Crippen molar-refractivity contribution in [2.75, 3.05) is 0 Å². The Morgan fingerprint density at radius 2 is 1.92 bits per heavy atom. The highest BCUT2D eigenvalue weighted by molar-refractivity contribution is 5.98. The normalized spacial score (nSPS) is 20.2. The summed E-state index contributed by atoms with van der Waals surface area (Å²) < 4.78 is 29.8. The van der Waals surface area contributed by atoms with Crippen LogP contribution in [0.2, 0.25) is 0 Å². The number of hydrogen-bond donors (Lipinski definition) is 0. The minimum atomic E-state index is -0.776. The summed E-state index contributed by atoms with van der Waals surface area (Å²) in [6.07, 6.45) is 7.47. The van der Waals surface area contributed by atoms with Crippen molar-refractivity contribution in [2.45, 2.75) is 44.1 Å². The predicted octanol–water partition coefficient (Wildman–Crippen LogP) is 3.48. The van der Waals surface area contributed by atoms with Crippen LogP contribution in [-0.4, -0.2) is 25.5 Å². The molecule has 0 aliphatic heterocycles. The van der Waals surface area contributed by atoms with Gasteiger partial charge in [-0.25, -0.2) is 23.4 Å². The standard InChI is InChI=1S/C19H16F2N4O/c20-10-5-13-12(15(21)6-10)7-16(26)17(13)18-14-8-24-25(11-3-1-2-4-11)19(14)23-9-22-18/h5-6,8-9,11,17H,1-4,7H2. The first-order valence-electron chi connectivity index (χ1n) is 8.82. The number of hydrogen-bond acceptors (Lipinski definition) is 4. The molecule has 2 aromatic heterocycles. The Balaban J connectivity index is 1.68. The maximum absolute atomic E-state index is 14.1. The number of carbonyl (C=O) groups excluding carboxylic acids is 1. The van der Waals surface area contributed by atoms with Gasteiger partial charge >= 0.3 is 0 Å². The Morgan fingerprint density at radius 3 is 2.73 bits per heavy atom. The van der Waals surface area contributed by atoms with E-state index in [1.165, 1.54) is 12.4 Å². The van der Waals surface area contributed by atoms with Crippen LogP contribution < -0.4 is 0 Å². The minimum absolute atomic E-state index is 0.0473. The summed E-state index contributed by atoms with van der Waals surface area (Å²) >= 11 is 0. The third-order valence-electron chi connectivity index (χ3n) is 5.54. The van der Waals surface area contributed by atoms with Gasteiger partial charge in [0.15, 0.2) is 11.4 Å². The molecule has 1 aromatic carbocycles. The molecule has 0 spiro atoms. The summed E-state index contributed by atoms with van der Waals surface area (Å²) in [5, 5.41) is 5.16. The van der Waals surface area contributed by atoms with E-state index in [1.807, 2.05) is 4.68 Å². The van der Waals surface area contributed by atoms with Crippen LogP contribution in [0.25, 0.3) is 11.0 Å². The maximum atomic E-state index is 14.1. The molecular weight excluding hydrogens is 338 g/mol. The second kappa shape index (κ2) is 5.65. The van der Waals surface area contributed by atoms with Gasteiger partial charge in [0.25, 0.3) is 0 Å². The molecule has 0 bridgehead atoms. The third-order valence-corrected chi connectivity index (χ3v) is 5.54. The van der Waals surface area contributed by atoms with Crippen molar-refractivity contribution in [3.63, 3.8) is 0 Å². The highest BCUT2D eigenvalue weighted by Crippen LogP contribution is 2.39. The van der Waals surface area contributed by atoms with Crippen LogP contribution in [0.5, 0.6) is 0 Å². The van der Waals surface area contributed by atoms with E-state index in [9.17, 15) is 13.6 Å². The summed E-state index contributed by atoms with van der Waals surface area (Å²) in [5.41, 5.74) is 1.78. The topological polar surface area (TPSA) is 60.7 Å². The van der Waals surface area contributed by atoms with E-state index >= 15 is 0 Å². The Bertz CT molecular complexity index is 1040. The fraction of sp³-hybridized carbons (Fsp3) is 0.368. The summed E-state index contributed by atoms with van der Waals surface area (Å²) in [6.45, 7) is 0. The number of nitrogens with zero attached hydrogens (tertiary/aromatic N) is 4. The first-order chi connectivity index (χ1) is 12.6. The molecule has 1 fully saturated rings. The first-order valence-corrected chi connectivity index (χ1v) is 8.82. The van der Waals surface area contributed by atoms with Gasteiger partial charge in [0.05, 0.1) is 29.2 Å². The lowest BCUT2D eigenvalue weighted by Crippen LogP contribution is -2.12. The number of halogens is 2. The number of ketones is 1. The maximum Gasteiger partial charge on any atom is 0.161 e. The van der Waals surface area contributed by atoms with E-state index in [2.05, 4.69) is 15.1 Å². The summed E-state index contributed by atoms with van der Waals surface area (Å²) in [4.78, 5) is 21.3. The van der Waals surface area contributed by atoms with Gasteiger partial charge in [-0.15, -0.1) is 0 Å². The Morgan fingerprint density at radius 1 is 1.12 bits per heavy atom. The Hall–Kier alpha value is -2.70. The molecule has 3 aromatic rings. The van der Waals surface area contributed by atoms with Gasteiger partial charge < -0.3 is 0 Å². The lowest BCUT2D eigenvalue weighted by Gasteiger charge is -2.13. The van der Waals surface area contributed by atoms with Crippen LogP contribution in [0.4, 0.5) is 8.78 Å². The van der Waals surface area contributed by atoms with Gasteiger partial charge in [0, 0.05) is 12.5 Å². The van der Waals surface area contributed by atoms with Crippen molar-refractivity contribution in [1.29, 1.82) is 0 Å². The highest BCUT2D eigenvalue weighted by Gasteiger charge is 2.37. The molecule has 26 heavy (non-hydrogen) atoms. The van der Waals surface area contributed by atoms with E-state index in [-0.39, 0.29) is 17.8 Å². The lowest BCUT2D eigenvalue weighted by molar-refractivity contribution is -0.118. The molecule has 1 saturated carbocycles. The van der Waals surface area contributed by atoms with E-state index in [1.54, 1.807) is 6.20 Å². The van der Waals surface area contributed by atoms with Crippen LogP contribution in [0, 0.1) is 11.6 Å². The van der Waals surface area contributed by atoms with Crippen molar-refractivity contribution < 1.29 is 13.6 Å². The average Bonchev–Trinajstić information content (AvgIpc) is 3.32. The average molecular weight is 354 g/mol. The largest absolute Gasteiger partial charge is 0.298 e. The van der Waals surface area contributed by atoms with Crippen LogP contribution >= 0.6 is 0 Å². The number of aromatic nitrogens is 4. The SMILES string of the molecule is O=C1Cc2c(F)cc(F)cc2C1c1ncnc2c1cnn2C1CCCC1. The molecule has 0 N–H and O–H groups in total. The quantitative estimate of drug-likeness (QED) is 0.707. The molecule has 132 valence electrons. The van der Waals surface area contributed by atoms with E-state index in [4.69, 9.17) is 0 Å². The Kier molecular flexibility index (Phi) is 3.38. The summed E-state index contributed by atoms with van der Waals surface area (Å²) in [5.74, 6) is -2.32. The summed E-state index contributed by atoms with van der Waals surface area (Å²) in [6, 6.07) is 2.36. The molecule has 1 unspecified atom stereocenters. The van der Waals surface area contributed by atoms with Crippen molar-refractivity contribution in [1.82, 2.24) is 19.7 Å². The van der Waals surface area contributed by atoms with Gasteiger partial charge in [-0.05, 0) is 30.0 Å². The van der Waals surface area contributed by atoms with E-state index in [0.717, 1.165) is 31.7 Å². The fourth-order valence-electron chi connectivity index (χ4n) is 4.34. The molecule has 1 atom stereocenters. The second-order valence-corrected chi connectivity index (χ2v) is 7.06. The molecule has 0 radical (unpaired) electrons. The monoisotopic (exact) mass is 354 g/mol. The van der Waals surface area contributed by atoms with Crippen molar-refractivity contribution in [3.8, 4) is 0 Å². The second-order valence-electron chi connectivity index (χ2n) is 7.06. The minimum Gasteiger partial charge on any atom is -0.298 e. The number of Topliss-reactive ketones (excluding diaryl/α,β-unsaturated/α-hetero) is 1. The van der Waals surface area contributed by atoms with Gasteiger partial charge in [-0.1, -0.05) is 12.8 Å². The zero-order chi connectivity index (χ0) is 17.8. The van der Waals surface area contributed by atoms with Crippen molar-refractivity contribution >= 4 is 16.8 Å². The zero-order valence-corrected chi connectivity index (χ0v) is 14.0. The van der Waals surface area contributed by atoms with Crippen molar-refractivity contribution in [2.24, 2.45) is 0 Å². The highest BCUT2D eigenvalue weighted by atomic mass is 19.1. The molecule has 5 rings (SSSR count). The van der Waals surface area contributed by atoms with Crippen LogP contribution in [0.3, 0.4) is 0 Å². The van der Waals surface area contributed by atoms with Crippen LogP contribution in [0.1, 0.15) is 54.5 Å². The zero-order valence-electron chi connectivity index (χ0n) is 14.0. The number of fused-ring (bicyclic) bond motifs is 2. The number of carbonyl (C=O) groups is 1. The lowest BCUT2D eigenvalue weighted by atomic mass is 9.95. The smallest absolute Gasteiger partial charge is 0.161 e. The number of benzene rings is 1. The van der Waals surface area contributed by atoms with Gasteiger partial charge in [0.1, 0.15) is 18.0 Å². The molecule has 0 amide bonds. The van der Waals surface area contributed by atoms with Crippen LogP contribution in [-0.2, 0) is 11.2 Å². The predicted molar refractivity (Wildman–Crippen MR) is 89.7 cm³/mol. The van der Waals surface area contributed by atoms with Gasteiger partial charge in [-0.2, -0.15) is 5.10 Å². The van der Waals surface area contributed by atoms with Crippen molar-refractivity contribution in [3.05, 3.63) is 53.1 Å². The molecule has 2 aliphatic rings. The Labute approximate surface area is 148 Å². The molecular formula is C19H16F2N4O. The molecule has 5 nitrogen and oxygen atoms in total. The van der Waals surface area contributed by atoms with E-state index < -0.39 is 17.6 Å².